The number of carbonyl (C=O) groups is 1. The second-order valence-corrected chi connectivity index (χ2v) is 5.86. The lowest BCUT2D eigenvalue weighted by Gasteiger charge is -2.15. The van der Waals surface area contributed by atoms with Gasteiger partial charge in [0.15, 0.2) is 0 Å². The van der Waals surface area contributed by atoms with Crippen LogP contribution in [-0.4, -0.2) is 17.3 Å². The van der Waals surface area contributed by atoms with Crippen LogP contribution in [0.1, 0.15) is 30.1 Å². The summed E-state index contributed by atoms with van der Waals surface area (Å²) in [6.45, 7) is 2.06. The number of nitrogens with one attached hydrogen (secondary N) is 1. The molecule has 0 saturated heterocycles. The van der Waals surface area contributed by atoms with Crippen molar-refractivity contribution in [2.75, 3.05) is 5.33 Å². The maximum Gasteiger partial charge on any atom is 0.251 e. The summed E-state index contributed by atoms with van der Waals surface area (Å²) in [6, 6.07) is 5.39. The average Bonchev–Trinajstić information content (AvgIpc) is 2.27. The first-order valence-corrected chi connectivity index (χ1v) is 7.69. The van der Waals surface area contributed by atoms with Gasteiger partial charge in [0, 0.05) is 26.4 Å². The van der Waals surface area contributed by atoms with E-state index in [0.29, 0.717) is 10.6 Å². The fourth-order valence-corrected chi connectivity index (χ4v) is 2.88. The van der Waals surface area contributed by atoms with Crippen LogP contribution in [0.15, 0.2) is 22.7 Å². The molecule has 0 aliphatic carbocycles. The van der Waals surface area contributed by atoms with Gasteiger partial charge in [0.1, 0.15) is 0 Å². The summed E-state index contributed by atoms with van der Waals surface area (Å²) >= 11 is 12.6. The van der Waals surface area contributed by atoms with E-state index in [1.807, 2.05) is 0 Å². The number of halogens is 3. The topological polar surface area (TPSA) is 29.1 Å². The summed E-state index contributed by atoms with van der Waals surface area (Å²) in [5.41, 5.74) is 0.581. The average molecular weight is 384 g/mol. The lowest BCUT2D eigenvalue weighted by Crippen LogP contribution is -2.34. The van der Waals surface area contributed by atoms with Crippen LogP contribution < -0.4 is 5.32 Å². The van der Waals surface area contributed by atoms with Gasteiger partial charge in [0.05, 0.1) is 0 Å². The summed E-state index contributed by atoms with van der Waals surface area (Å²) in [7, 11) is 0. The largest absolute Gasteiger partial charge is 0.349 e. The molecular weight excluding hydrogens is 369 g/mol. The minimum Gasteiger partial charge on any atom is -0.349 e. The van der Waals surface area contributed by atoms with E-state index >= 15 is 0 Å². The fourth-order valence-electron chi connectivity index (χ4n) is 1.46. The van der Waals surface area contributed by atoms with Crippen molar-refractivity contribution in [2.45, 2.75) is 25.8 Å². The molecule has 0 radical (unpaired) electrons. The van der Waals surface area contributed by atoms with Gasteiger partial charge in [-0.1, -0.05) is 50.4 Å². The van der Waals surface area contributed by atoms with Crippen LogP contribution in [0.3, 0.4) is 0 Å². The second kappa shape index (κ2) is 7.39. The van der Waals surface area contributed by atoms with Gasteiger partial charge in [-0.15, -0.1) is 0 Å². The maximum atomic E-state index is 12.0. The highest BCUT2D eigenvalue weighted by Crippen LogP contribution is 2.19. The summed E-state index contributed by atoms with van der Waals surface area (Å²) in [5, 5.41) is 4.42. The van der Waals surface area contributed by atoms with Crippen LogP contribution in [0.2, 0.25) is 5.02 Å². The minimum atomic E-state index is -0.0824. The first-order chi connectivity index (χ1) is 8.06. The molecule has 5 heteroatoms. The van der Waals surface area contributed by atoms with Crippen LogP contribution in [0.5, 0.6) is 0 Å². The van der Waals surface area contributed by atoms with E-state index < -0.39 is 0 Å². The van der Waals surface area contributed by atoms with Crippen molar-refractivity contribution >= 4 is 49.4 Å². The highest BCUT2D eigenvalue weighted by Gasteiger charge is 2.12. The Bertz CT molecular complexity index is 378. The number of rotatable bonds is 5. The molecule has 1 amide bonds. The molecule has 0 aliphatic rings. The van der Waals surface area contributed by atoms with Gasteiger partial charge in [-0.25, -0.2) is 0 Å². The van der Waals surface area contributed by atoms with E-state index in [9.17, 15) is 4.79 Å². The molecule has 1 aromatic carbocycles. The number of hydrogen-bond acceptors (Lipinski definition) is 1. The molecule has 1 atom stereocenters. The zero-order chi connectivity index (χ0) is 12.8. The number of amides is 1. The Kier molecular flexibility index (Phi) is 6.52. The highest BCUT2D eigenvalue weighted by molar-refractivity contribution is 9.10. The third kappa shape index (κ3) is 4.98. The van der Waals surface area contributed by atoms with Crippen molar-refractivity contribution < 1.29 is 4.79 Å². The Labute approximate surface area is 123 Å². The number of benzene rings is 1. The lowest BCUT2D eigenvalue weighted by atomic mass is 10.1. The summed E-state index contributed by atoms with van der Waals surface area (Å²) in [5.74, 6) is -0.0824. The second-order valence-electron chi connectivity index (χ2n) is 3.71. The van der Waals surface area contributed by atoms with Crippen LogP contribution in [-0.2, 0) is 0 Å². The molecular formula is C12H14Br2ClNO. The minimum absolute atomic E-state index is 0.0824. The molecule has 2 nitrogen and oxygen atoms in total. The SMILES string of the molecule is CCC(CCBr)NC(=O)c1cc(Cl)cc(Br)c1. The zero-order valence-electron chi connectivity index (χ0n) is 9.47. The molecule has 0 fully saturated rings. The standard InChI is InChI=1S/C12H14Br2ClNO/c1-2-11(3-4-13)16-12(17)8-5-9(14)7-10(15)6-8/h5-7,11H,2-4H2,1H3,(H,16,17). The van der Waals surface area contributed by atoms with Gasteiger partial charge >= 0.3 is 0 Å². The van der Waals surface area contributed by atoms with Gasteiger partial charge in [0.25, 0.3) is 5.91 Å². The van der Waals surface area contributed by atoms with Gasteiger partial charge in [-0.2, -0.15) is 0 Å². The number of carbonyl (C=O) groups excluding carboxylic acids is 1. The molecule has 0 saturated carbocycles. The van der Waals surface area contributed by atoms with E-state index in [1.165, 1.54) is 0 Å². The molecule has 0 spiro atoms. The van der Waals surface area contributed by atoms with E-state index in [1.54, 1.807) is 18.2 Å². The fraction of sp³-hybridized carbons (Fsp3) is 0.417. The smallest absolute Gasteiger partial charge is 0.251 e. The first kappa shape index (κ1) is 15.0. The monoisotopic (exact) mass is 381 g/mol. The Morgan fingerprint density at radius 1 is 1.47 bits per heavy atom. The van der Waals surface area contributed by atoms with Gasteiger partial charge in [-0.05, 0) is 31.0 Å². The summed E-state index contributed by atoms with van der Waals surface area (Å²) in [4.78, 5) is 12.0. The van der Waals surface area contributed by atoms with E-state index in [4.69, 9.17) is 11.6 Å². The van der Waals surface area contributed by atoms with Crippen molar-refractivity contribution in [1.82, 2.24) is 5.32 Å². The number of hydrogen-bond donors (Lipinski definition) is 1. The van der Waals surface area contributed by atoms with Crippen molar-refractivity contribution in [2.24, 2.45) is 0 Å². The van der Waals surface area contributed by atoms with Crippen LogP contribution in [0.25, 0.3) is 0 Å². The summed E-state index contributed by atoms with van der Waals surface area (Å²) in [6.07, 6.45) is 1.84. The van der Waals surface area contributed by atoms with Gasteiger partial charge in [-0.3, -0.25) is 4.79 Å². The number of alkyl halides is 1. The predicted octanol–water partition coefficient (Wildman–Crippen LogP) is 4.40. The molecule has 94 valence electrons. The molecule has 0 aliphatic heterocycles. The normalized spacial score (nSPS) is 12.2. The lowest BCUT2D eigenvalue weighted by molar-refractivity contribution is 0.0935. The highest BCUT2D eigenvalue weighted by atomic mass is 79.9. The van der Waals surface area contributed by atoms with Gasteiger partial charge in [0.2, 0.25) is 0 Å². The Hall–Kier alpha value is -0.0600. The van der Waals surface area contributed by atoms with Crippen LogP contribution >= 0.6 is 43.5 Å². The Morgan fingerprint density at radius 2 is 2.18 bits per heavy atom. The third-order valence-corrected chi connectivity index (χ3v) is 3.54. The maximum absolute atomic E-state index is 12.0. The Balaban J connectivity index is 2.75. The molecule has 1 N–H and O–H groups in total. The van der Waals surface area contributed by atoms with E-state index in [0.717, 1.165) is 22.6 Å². The first-order valence-electron chi connectivity index (χ1n) is 5.39. The molecule has 0 aromatic heterocycles. The zero-order valence-corrected chi connectivity index (χ0v) is 13.4. The van der Waals surface area contributed by atoms with Crippen LogP contribution in [0, 0.1) is 0 Å². The molecule has 0 bridgehead atoms. The van der Waals surface area contributed by atoms with Crippen molar-refractivity contribution in [1.29, 1.82) is 0 Å². The molecule has 0 heterocycles. The molecule has 1 unspecified atom stereocenters. The molecule has 1 aromatic rings. The van der Waals surface area contributed by atoms with Crippen LogP contribution in [0.4, 0.5) is 0 Å². The van der Waals surface area contributed by atoms with Crippen molar-refractivity contribution in [3.8, 4) is 0 Å². The predicted molar refractivity (Wildman–Crippen MR) is 79.1 cm³/mol. The van der Waals surface area contributed by atoms with Crippen molar-refractivity contribution in [3.63, 3.8) is 0 Å². The molecule has 17 heavy (non-hydrogen) atoms. The summed E-state index contributed by atoms with van der Waals surface area (Å²) < 4.78 is 0.809. The van der Waals surface area contributed by atoms with Crippen molar-refractivity contribution in [3.05, 3.63) is 33.3 Å². The van der Waals surface area contributed by atoms with Gasteiger partial charge < -0.3 is 5.32 Å². The van der Waals surface area contributed by atoms with E-state index in [2.05, 4.69) is 44.1 Å². The Morgan fingerprint density at radius 3 is 2.71 bits per heavy atom. The molecule has 1 rings (SSSR count). The quantitative estimate of drug-likeness (QED) is 0.751. The third-order valence-electron chi connectivity index (χ3n) is 2.41. The van der Waals surface area contributed by atoms with E-state index in [-0.39, 0.29) is 11.9 Å².